The van der Waals surface area contributed by atoms with Crippen molar-refractivity contribution in [2.75, 3.05) is 16.8 Å². The Bertz CT molecular complexity index is 906. The summed E-state index contributed by atoms with van der Waals surface area (Å²) in [5.41, 5.74) is 1.87. The van der Waals surface area contributed by atoms with Crippen molar-refractivity contribution in [1.82, 2.24) is 0 Å². The molecule has 0 aliphatic heterocycles. The SMILES string of the molecule is CCN(C(=O)c1ccc(NC(=O)[C@@H]2CC=CC[C@@H]2C(=O)O)cc1)c1ccccc1. The number of nitrogens with zero attached hydrogens (tertiary/aromatic N) is 1. The van der Waals surface area contributed by atoms with Crippen LogP contribution in [0.25, 0.3) is 0 Å². The van der Waals surface area contributed by atoms with E-state index in [1.54, 1.807) is 35.2 Å². The van der Waals surface area contributed by atoms with Crippen LogP contribution in [0.1, 0.15) is 30.1 Å². The molecule has 0 unspecified atom stereocenters. The summed E-state index contributed by atoms with van der Waals surface area (Å²) >= 11 is 0. The summed E-state index contributed by atoms with van der Waals surface area (Å²) in [6.07, 6.45) is 4.40. The zero-order valence-corrected chi connectivity index (χ0v) is 16.2. The number of nitrogens with one attached hydrogen (secondary N) is 1. The van der Waals surface area contributed by atoms with Crippen LogP contribution in [-0.4, -0.2) is 29.4 Å². The van der Waals surface area contributed by atoms with Gasteiger partial charge in [-0.05, 0) is 56.2 Å². The highest BCUT2D eigenvalue weighted by Crippen LogP contribution is 2.27. The Morgan fingerprint density at radius 1 is 0.966 bits per heavy atom. The van der Waals surface area contributed by atoms with Gasteiger partial charge in [-0.2, -0.15) is 0 Å². The molecule has 2 aromatic rings. The Morgan fingerprint density at radius 3 is 2.17 bits per heavy atom. The quantitative estimate of drug-likeness (QED) is 0.729. The van der Waals surface area contributed by atoms with Crippen molar-refractivity contribution in [3.8, 4) is 0 Å². The second kappa shape index (κ2) is 9.19. The van der Waals surface area contributed by atoms with Crippen LogP contribution in [0.15, 0.2) is 66.7 Å². The molecule has 150 valence electrons. The van der Waals surface area contributed by atoms with Gasteiger partial charge in [0.2, 0.25) is 5.91 Å². The Labute approximate surface area is 169 Å². The van der Waals surface area contributed by atoms with Gasteiger partial charge in [-0.25, -0.2) is 0 Å². The van der Waals surface area contributed by atoms with Crippen molar-refractivity contribution in [2.24, 2.45) is 11.8 Å². The van der Waals surface area contributed by atoms with Crippen molar-refractivity contribution < 1.29 is 19.5 Å². The van der Waals surface area contributed by atoms with E-state index in [0.717, 1.165) is 5.69 Å². The van der Waals surface area contributed by atoms with E-state index in [1.165, 1.54) is 0 Å². The Balaban J connectivity index is 1.70. The van der Waals surface area contributed by atoms with Crippen molar-refractivity contribution in [3.05, 3.63) is 72.3 Å². The van der Waals surface area contributed by atoms with E-state index in [2.05, 4.69) is 5.32 Å². The first-order valence-electron chi connectivity index (χ1n) is 9.67. The summed E-state index contributed by atoms with van der Waals surface area (Å²) in [5.74, 6) is -2.73. The lowest BCUT2D eigenvalue weighted by molar-refractivity contribution is -0.146. The fraction of sp³-hybridized carbons (Fsp3) is 0.261. The van der Waals surface area contributed by atoms with Gasteiger partial charge in [-0.1, -0.05) is 30.4 Å². The fourth-order valence-corrected chi connectivity index (χ4v) is 3.52. The van der Waals surface area contributed by atoms with Crippen molar-refractivity contribution in [2.45, 2.75) is 19.8 Å². The Kier molecular flexibility index (Phi) is 6.44. The fourth-order valence-electron chi connectivity index (χ4n) is 3.52. The second-order valence-corrected chi connectivity index (χ2v) is 6.95. The second-order valence-electron chi connectivity index (χ2n) is 6.95. The number of carbonyl (C=O) groups is 3. The summed E-state index contributed by atoms with van der Waals surface area (Å²) in [6, 6.07) is 16.1. The molecule has 0 saturated carbocycles. The van der Waals surface area contributed by atoms with Crippen LogP contribution in [0.2, 0.25) is 0 Å². The zero-order chi connectivity index (χ0) is 20.8. The van der Waals surface area contributed by atoms with E-state index < -0.39 is 17.8 Å². The molecule has 0 radical (unpaired) electrons. The molecule has 2 atom stereocenters. The number of hydrogen-bond acceptors (Lipinski definition) is 3. The topological polar surface area (TPSA) is 86.7 Å². The van der Waals surface area contributed by atoms with Gasteiger partial charge in [0.1, 0.15) is 0 Å². The molecule has 0 saturated heterocycles. The number of carboxylic acid groups (broad SMARTS) is 1. The van der Waals surface area contributed by atoms with Gasteiger partial charge >= 0.3 is 5.97 Å². The van der Waals surface area contributed by atoms with Crippen LogP contribution in [0.4, 0.5) is 11.4 Å². The van der Waals surface area contributed by atoms with Gasteiger partial charge in [-0.3, -0.25) is 14.4 Å². The third-order valence-corrected chi connectivity index (χ3v) is 5.12. The van der Waals surface area contributed by atoms with Crippen molar-refractivity contribution in [1.29, 1.82) is 0 Å². The number of carbonyl (C=O) groups excluding carboxylic acids is 2. The number of hydrogen-bond donors (Lipinski definition) is 2. The summed E-state index contributed by atoms with van der Waals surface area (Å²) < 4.78 is 0. The molecule has 2 N–H and O–H groups in total. The van der Waals surface area contributed by atoms with E-state index in [9.17, 15) is 19.5 Å². The number of benzene rings is 2. The Morgan fingerprint density at radius 2 is 1.59 bits per heavy atom. The molecule has 0 bridgehead atoms. The van der Waals surface area contributed by atoms with Crippen molar-refractivity contribution >= 4 is 29.2 Å². The van der Waals surface area contributed by atoms with E-state index in [4.69, 9.17) is 0 Å². The molecular weight excluding hydrogens is 368 g/mol. The lowest BCUT2D eigenvalue weighted by atomic mass is 9.82. The summed E-state index contributed by atoms with van der Waals surface area (Å²) in [7, 11) is 0. The maximum absolute atomic E-state index is 12.8. The molecule has 0 spiro atoms. The number of rotatable bonds is 6. The number of allylic oxidation sites excluding steroid dienone is 2. The highest BCUT2D eigenvalue weighted by atomic mass is 16.4. The average molecular weight is 392 g/mol. The third kappa shape index (κ3) is 4.71. The number of carboxylic acids is 1. The van der Waals surface area contributed by atoms with Gasteiger partial charge in [0.05, 0.1) is 11.8 Å². The van der Waals surface area contributed by atoms with E-state index in [1.807, 2.05) is 43.3 Å². The van der Waals surface area contributed by atoms with Gasteiger partial charge in [-0.15, -0.1) is 0 Å². The van der Waals surface area contributed by atoms with Crippen LogP contribution >= 0.6 is 0 Å². The van der Waals surface area contributed by atoms with Crippen LogP contribution in [0.3, 0.4) is 0 Å². The smallest absolute Gasteiger partial charge is 0.307 e. The maximum Gasteiger partial charge on any atom is 0.307 e. The molecule has 2 amide bonds. The third-order valence-electron chi connectivity index (χ3n) is 5.12. The van der Waals surface area contributed by atoms with Crippen LogP contribution in [0, 0.1) is 11.8 Å². The van der Waals surface area contributed by atoms with Crippen molar-refractivity contribution in [3.63, 3.8) is 0 Å². The number of aliphatic carboxylic acids is 1. The lowest BCUT2D eigenvalue weighted by Crippen LogP contribution is -2.34. The highest BCUT2D eigenvalue weighted by molar-refractivity contribution is 6.06. The van der Waals surface area contributed by atoms with Gasteiger partial charge in [0.25, 0.3) is 5.91 Å². The molecule has 0 heterocycles. The van der Waals surface area contributed by atoms with Crippen LogP contribution in [-0.2, 0) is 9.59 Å². The molecule has 1 aliphatic rings. The number of anilines is 2. The minimum absolute atomic E-state index is 0.125. The van der Waals surface area contributed by atoms with Gasteiger partial charge in [0.15, 0.2) is 0 Å². The summed E-state index contributed by atoms with van der Waals surface area (Å²) in [4.78, 5) is 38.5. The molecule has 2 aromatic carbocycles. The minimum Gasteiger partial charge on any atom is -0.481 e. The molecule has 6 heteroatoms. The first-order valence-corrected chi connectivity index (χ1v) is 9.67. The summed E-state index contributed by atoms with van der Waals surface area (Å²) in [5, 5.41) is 12.1. The first kappa shape index (κ1) is 20.3. The molecule has 3 rings (SSSR count). The predicted octanol–water partition coefficient (Wildman–Crippen LogP) is 3.96. The highest BCUT2D eigenvalue weighted by Gasteiger charge is 2.33. The molecule has 0 fully saturated rings. The van der Waals surface area contributed by atoms with E-state index in [-0.39, 0.29) is 11.8 Å². The van der Waals surface area contributed by atoms with Crippen LogP contribution in [0.5, 0.6) is 0 Å². The molecule has 1 aliphatic carbocycles. The largest absolute Gasteiger partial charge is 0.481 e. The Hall–Kier alpha value is -3.41. The monoisotopic (exact) mass is 392 g/mol. The first-order chi connectivity index (χ1) is 14.0. The van der Waals surface area contributed by atoms with Crippen LogP contribution < -0.4 is 10.2 Å². The molecule has 0 aromatic heterocycles. The summed E-state index contributed by atoms with van der Waals surface area (Å²) in [6.45, 7) is 2.45. The standard InChI is InChI=1S/C23H24N2O4/c1-2-25(18-8-4-3-5-9-18)22(27)16-12-14-17(15-13-16)24-21(26)19-10-6-7-11-20(19)23(28)29/h3-9,12-15,19-20H,2,10-11H2,1H3,(H,24,26)(H,28,29)/t19-,20+/m1/s1. The lowest BCUT2D eigenvalue weighted by Gasteiger charge is -2.24. The van der Waals surface area contributed by atoms with Gasteiger partial charge in [0, 0.05) is 23.5 Å². The predicted molar refractivity (Wildman–Crippen MR) is 112 cm³/mol. The van der Waals surface area contributed by atoms with Gasteiger partial charge < -0.3 is 15.3 Å². The minimum atomic E-state index is -0.962. The molecule has 29 heavy (non-hydrogen) atoms. The number of para-hydroxylation sites is 1. The van der Waals surface area contributed by atoms with E-state index >= 15 is 0 Å². The molecular formula is C23H24N2O4. The van der Waals surface area contributed by atoms with E-state index in [0.29, 0.717) is 30.6 Å². The zero-order valence-electron chi connectivity index (χ0n) is 16.2. The number of amides is 2. The molecule has 6 nitrogen and oxygen atoms in total. The maximum atomic E-state index is 12.8. The average Bonchev–Trinajstić information content (AvgIpc) is 2.75. The normalized spacial score (nSPS) is 18.1.